The molecule has 0 spiro atoms. The van der Waals surface area contributed by atoms with Crippen LogP contribution < -0.4 is 5.32 Å². The topological polar surface area (TPSA) is 21.3 Å². The van der Waals surface area contributed by atoms with E-state index in [2.05, 4.69) is 59.0 Å². The van der Waals surface area contributed by atoms with Crippen molar-refractivity contribution in [1.82, 2.24) is 5.32 Å². The van der Waals surface area contributed by atoms with Crippen LogP contribution in [0.5, 0.6) is 0 Å². The lowest BCUT2D eigenvalue weighted by molar-refractivity contribution is 0.0333. The van der Waals surface area contributed by atoms with E-state index in [0.29, 0.717) is 5.41 Å². The Morgan fingerprint density at radius 3 is 2.10 bits per heavy atom. The SMILES string of the molecule is CC(C)(C)CCOC(CNC(C)(C)C)c1ccc(Cl)cc1. The zero-order chi connectivity index (χ0) is 16.1. The van der Waals surface area contributed by atoms with Crippen molar-refractivity contribution in [2.75, 3.05) is 13.2 Å². The summed E-state index contributed by atoms with van der Waals surface area (Å²) in [6.45, 7) is 14.8. The van der Waals surface area contributed by atoms with Crippen molar-refractivity contribution in [3.8, 4) is 0 Å². The number of nitrogens with one attached hydrogen (secondary N) is 1. The van der Waals surface area contributed by atoms with E-state index >= 15 is 0 Å². The molecule has 0 aliphatic heterocycles. The Hall–Kier alpha value is -0.570. The van der Waals surface area contributed by atoms with Crippen LogP contribution in [0, 0.1) is 5.41 Å². The van der Waals surface area contributed by atoms with Gasteiger partial charge in [-0.15, -0.1) is 0 Å². The summed E-state index contributed by atoms with van der Waals surface area (Å²) < 4.78 is 6.13. The van der Waals surface area contributed by atoms with Crippen molar-refractivity contribution in [2.24, 2.45) is 5.41 Å². The molecule has 1 rings (SSSR count). The van der Waals surface area contributed by atoms with E-state index in [0.717, 1.165) is 24.6 Å². The van der Waals surface area contributed by atoms with Crippen LogP contribution in [0.3, 0.4) is 0 Å². The van der Waals surface area contributed by atoms with Crippen molar-refractivity contribution in [1.29, 1.82) is 0 Å². The molecule has 3 heteroatoms. The lowest BCUT2D eigenvalue weighted by Gasteiger charge is -2.27. The Morgan fingerprint density at radius 1 is 1.05 bits per heavy atom. The van der Waals surface area contributed by atoms with Crippen molar-refractivity contribution >= 4 is 11.6 Å². The first-order valence-electron chi connectivity index (χ1n) is 7.69. The Kier molecular flexibility index (Phi) is 6.71. The van der Waals surface area contributed by atoms with Crippen LogP contribution in [0.2, 0.25) is 5.02 Å². The van der Waals surface area contributed by atoms with E-state index in [1.807, 2.05) is 12.1 Å². The molecule has 2 nitrogen and oxygen atoms in total. The van der Waals surface area contributed by atoms with Gasteiger partial charge in [0.05, 0.1) is 6.10 Å². The number of halogens is 1. The molecule has 0 amide bonds. The Morgan fingerprint density at radius 2 is 1.62 bits per heavy atom. The van der Waals surface area contributed by atoms with Gasteiger partial charge in [0.2, 0.25) is 0 Å². The number of rotatable bonds is 6. The zero-order valence-electron chi connectivity index (χ0n) is 14.3. The molecule has 0 aliphatic carbocycles. The molecule has 0 aliphatic rings. The van der Waals surface area contributed by atoms with E-state index in [1.165, 1.54) is 5.56 Å². The second-order valence-corrected chi connectivity index (χ2v) is 8.29. The van der Waals surface area contributed by atoms with Gasteiger partial charge in [0.25, 0.3) is 0 Å². The number of ether oxygens (including phenoxy) is 1. The molecule has 0 radical (unpaired) electrons. The number of hydrogen-bond donors (Lipinski definition) is 1. The molecule has 0 saturated heterocycles. The quantitative estimate of drug-likeness (QED) is 0.777. The van der Waals surface area contributed by atoms with Crippen LogP contribution in [-0.2, 0) is 4.74 Å². The van der Waals surface area contributed by atoms with E-state index in [9.17, 15) is 0 Å². The second kappa shape index (κ2) is 7.62. The minimum Gasteiger partial charge on any atom is -0.372 e. The minimum absolute atomic E-state index is 0.0591. The van der Waals surface area contributed by atoms with Gasteiger partial charge in [-0.25, -0.2) is 0 Å². The van der Waals surface area contributed by atoms with Gasteiger partial charge in [-0.1, -0.05) is 44.5 Å². The summed E-state index contributed by atoms with van der Waals surface area (Å²) in [5.74, 6) is 0. The third-order valence-electron chi connectivity index (χ3n) is 3.23. The first kappa shape index (κ1) is 18.5. The lowest BCUT2D eigenvalue weighted by Crippen LogP contribution is -2.39. The Labute approximate surface area is 135 Å². The van der Waals surface area contributed by atoms with Gasteiger partial charge in [-0.05, 0) is 50.3 Å². The first-order chi connectivity index (χ1) is 9.57. The van der Waals surface area contributed by atoms with Gasteiger partial charge in [0.1, 0.15) is 0 Å². The molecule has 120 valence electrons. The van der Waals surface area contributed by atoms with E-state index in [-0.39, 0.29) is 11.6 Å². The molecule has 0 bridgehead atoms. The van der Waals surface area contributed by atoms with Crippen molar-refractivity contribution in [3.05, 3.63) is 34.9 Å². The highest BCUT2D eigenvalue weighted by atomic mass is 35.5. The minimum atomic E-state index is 0.0591. The molecule has 1 N–H and O–H groups in total. The average Bonchev–Trinajstić information content (AvgIpc) is 2.32. The van der Waals surface area contributed by atoms with Crippen molar-refractivity contribution in [2.45, 2.75) is 59.6 Å². The van der Waals surface area contributed by atoms with Crippen LogP contribution in [0.15, 0.2) is 24.3 Å². The summed E-state index contributed by atoms with van der Waals surface area (Å²) >= 11 is 5.97. The normalized spacial score (nSPS) is 14.2. The predicted octanol–water partition coefficient (Wildman–Crippen LogP) is 5.22. The molecular weight excluding hydrogens is 282 g/mol. The van der Waals surface area contributed by atoms with Crippen LogP contribution in [0.4, 0.5) is 0 Å². The summed E-state index contributed by atoms with van der Waals surface area (Å²) in [7, 11) is 0. The van der Waals surface area contributed by atoms with Crippen molar-refractivity contribution < 1.29 is 4.74 Å². The average molecular weight is 312 g/mol. The smallest absolute Gasteiger partial charge is 0.0949 e. The van der Waals surface area contributed by atoms with E-state index < -0.39 is 0 Å². The molecule has 1 atom stereocenters. The Balaban J connectivity index is 2.67. The lowest BCUT2D eigenvalue weighted by atomic mass is 9.93. The maximum absolute atomic E-state index is 6.13. The standard InChI is InChI=1S/C18H30ClNO/c1-17(2,3)11-12-21-16(13-20-18(4,5)6)14-7-9-15(19)10-8-14/h7-10,16,20H,11-13H2,1-6H3. The zero-order valence-corrected chi connectivity index (χ0v) is 15.1. The van der Waals surface area contributed by atoms with Crippen LogP contribution >= 0.6 is 11.6 Å². The summed E-state index contributed by atoms with van der Waals surface area (Å²) in [6, 6.07) is 7.95. The number of benzene rings is 1. The fourth-order valence-electron chi connectivity index (χ4n) is 1.86. The summed E-state index contributed by atoms with van der Waals surface area (Å²) in [6.07, 6.45) is 1.11. The van der Waals surface area contributed by atoms with Gasteiger partial charge >= 0.3 is 0 Å². The molecule has 21 heavy (non-hydrogen) atoms. The van der Waals surface area contributed by atoms with Gasteiger partial charge in [0.15, 0.2) is 0 Å². The third-order valence-corrected chi connectivity index (χ3v) is 3.48. The first-order valence-corrected chi connectivity index (χ1v) is 8.07. The van der Waals surface area contributed by atoms with Gasteiger partial charge in [-0.3, -0.25) is 0 Å². The summed E-state index contributed by atoms with van der Waals surface area (Å²) in [5, 5.41) is 4.28. The highest BCUT2D eigenvalue weighted by molar-refractivity contribution is 6.30. The predicted molar refractivity (Wildman–Crippen MR) is 92.0 cm³/mol. The fraction of sp³-hybridized carbons (Fsp3) is 0.667. The van der Waals surface area contributed by atoms with Crippen LogP contribution in [0.25, 0.3) is 0 Å². The largest absolute Gasteiger partial charge is 0.372 e. The molecule has 1 aromatic carbocycles. The molecule has 1 aromatic rings. The second-order valence-electron chi connectivity index (χ2n) is 7.85. The fourth-order valence-corrected chi connectivity index (χ4v) is 1.98. The van der Waals surface area contributed by atoms with Gasteiger partial charge < -0.3 is 10.1 Å². The molecule has 0 aromatic heterocycles. The van der Waals surface area contributed by atoms with Crippen LogP contribution in [0.1, 0.15) is 59.6 Å². The van der Waals surface area contributed by atoms with E-state index in [1.54, 1.807) is 0 Å². The summed E-state index contributed by atoms with van der Waals surface area (Å²) in [4.78, 5) is 0. The maximum atomic E-state index is 6.13. The van der Waals surface area contributed by atoms with Crippen LogP contribution in [-0.4, -0.2) is 18.7 Å². The van der Waals surface area contributed by atoms with Crippen molar-refractivity contribution in [3.63, 3.8) is 0 Å². The summed E-state index contributed by atoms with van der Waals surface area (Å²) in [5.41, 5.74) is 1.55. The monoisotopic (exact) mass is 311 g/mol. The molecule has 0 fully saturated rings. The molecule has 1 unspecified atom stereocenters. The highest BCUT2D eigenvalue weighted by Gasteiger charge is 2.18. The molecular formula is C18H30ClNO. The molecule has 0 heterocycles. The third kappa shape index (κ3) is 8.45. The molecule has 0 saturated carbocycles. The maximum Gasteiger partial charge on any atom is 0.0949 e. The van der Waals surface area contributed by atoms with E-state index in [4.69, 9.17) is 16.3 Å². The highest BCUT2D eigenvalue weighted by Crippen LogP contribution is 2.23. The van der Waals surface area contributed by atoms with Gasteiger partial charge in [-0.2, -0.15) is 0 Å². The Bertz CT molecular complexity index is 414. The van der Waals surface area contributed by atoms with Gasteiger partial charge in [0, 0.05) is 23.7 Å². The number of hydrogen-bond acceptors (Lipinski definition) is 2.